The van der Waals surface area contributed by atoms with Crippen molar-refractivity contribution < 1.29 is 4.74 Å². The van der Waals surface area contributed by atoms with Gasteiger partial charge in [0, 0.05) is 38.8 Å². The van der Waals surface area contributed by atoms with Gasteiger partial charge in [-0.05, 0) is 146 Å². The lowest BCUT2D eigenvalue weighted by Gasteiger charge is -2.38. The average Bonchev–Trinajstić information content (AvgIpc) is 3.69. The van der Waals surface area contributed by atoms with Gasteiger partial charge in [-0.25, -0.2) is 24.6 Å². The van der Waals surface area contributed by atoms with Crippen molar-refractivity contribution in [1.82, 2.24) is 39.9 Å². The van der Waals surface area contributed by atoms with Crippen molar-refractivity contribution in [2.24, 2.45) is 11.8 Å². The normalized spacial score (nSPS) is 26.9. The van der Waals surface area contributed by atoms with Crippen LogP contribution in [0.25, 0.3) is 22.3 Å². The predicted molar refractivity (Wildman–Crippen MR) is 217 cm³/mol. The van der Waals surface area contributed by atoms with Gasteiger partial charge in [0.1, 0.15) is 30.7 Å². The van der Waals surface area contributed by atoms with E-state index in [1.807, 2.05) is 4.68 Å². The molecule has 6 atom stereocenters. The van der Waals surface area contributed by atoms with Crippen LogP contribution in [0.3, 0.4) is 0 Å². The van der Waals surface area contributed by atoms with Crippen LogP contribution in [-0.4, -0.2) is 78.8 Å². The number of ether oxygens (including phenoxy) is 1. The number of piperidine rings is 2. The number of rotatable bonds is 7. The molecule has 0 aromatic carbocycles. The van der Waals surface area contributed by atoms with Gasteiger partial charge in [-0.3, -0.25) is 5.10 Å². The summed E-state index contributed by atoms with van der Waals surface area (Å²) in [6, 6.07) is 3.55. The summed E-state index contributed by atoms with van der Waals surface area (Å²) < 4.78 is 11.3. The second-order valence-corrected chi connectivity index (χ2v) is 24.7. The first-order chi connectivity index (χ1) is 22.9. The van der Waals surface area contributed by atoms with Crippen LogP contribution < -0.4 is 9.80 Å². The van der Waals surface area contributed by atoms with E-state index in [9.17, 15) is 0 Å². The van der Waals surface area contributed by atoms with Crippen LogP contribution in [-0.2, 0) is 11.5 Å². The summed E-state index contributed by atoms with van der Waals surface area (Å²) in [7, 11) is -1.09. The molecule has 4 aliphatic heterocycles. The van der Waals surface area contributed by atoms with E-state index in [-0.39, 0.29) is 0 Å². The van der Waals surface area contributed by atoms with Gasteiger partial charge in [-0.2, -0.15) is 10.2 Å². The number of aromatic nitrogens is 8. The number of nitrogens with one attached hydrogen (secondary N) is 1. The fraction of sp³-hybridized carbons (Fsp3) is 0.688. The topological polar surface area (TPSA) is 114 Å². The minimum absolute atomic E-state index is 0.434. The van der Waals surface area contributed by atoms with E-state index in [0.29, 0.717) is 36.5 Å². The molecule has 11 nitrogen and oxygen atoms in total. The Morgan fingerprint density at radius 2 is 1.31 bits per heavy atom. The van der Waals surface area contributed by atoms with Gasteiger partial charge in [0.05, 0.1) is 0 Å². The third kappa shape index (κ3) is 7.31. The largest absolute Gasteiger partial charge is 0.359 e. The molecule has 0 spiro atoms. The minimum Gasteiger partial charge on any atom is -0.359 e. The molecule has 8 rings (SSSR count). The molecule has 260 valence electrons. The molecule has 4 aliphatic rings. The molecule has 2 unspecified atom stereocenters. The van der Waals surface area contributed by atoms with Gasteiger partial charge in [0.2, 0.25) is 5.65 Å². The predicted octanol–water partition coefficient (Wildman–Crippen LogP) is 8.76. The highest BCUT2D eigenvalue weighted by atomic mass is 127. The molecule has 0 amide bonds. The zero-order valence-electron chi connectivity index (χ0n) is 28.2. The standard InChI is InChI=1S/C19H29BrIN5OSi.C13H15BrIN5/c1-12-9-13-5-6-14(10-12)26(13)19-16(20)22-15-17(21)24-25(18(15)23-19)11-27-7-8-28(2,3)4;1-6-4-7-2-3-8(5-6)20(7)13-10(14)16-9-11(15)18-19-12(9)17-13/h12-14H,5-11H2,1-4H3;6-8H,2-5H2,1H3,(H,17,18,19)/t12?,13-,14+;6?,7-,8+. The lowest BCUT2D eigenvalue weighted by molar-refractivity contribution is 0.0810. The van der Waals surface area contributed by atoms with E-state index in [0.717, 1.165) is 69.4 Å². The maximum Gasteiger partial charge on any atom is 0.202 e. The van der Waals surface area contributed by atoms with Crippen molar-refractivity contribution in [1.29, 1.82) is 0 Å². The van der Waals surface area contributed by atoms with Gasteiger partial charge >= 0.3 is 0 Å². The molecule has 0 saturated carbocycles. The highest BCUT2D eigenvalue weighted by Crippen LogP contribution is 2.44. The summed E-state index contributed by atoms with van der Waals surface area (Å²) in [4.78, 5) is 24.3. The molecule has 16 heteroatoms. The Morgan fingerprint density at radius 3 is 1.85 bits per heavy atom. The smallest absolute Gasteiger partial charge is 0.202 e. The third-order valence-corrected chi connectivity index (χ3v) is 14.6. The number of hydrogen-bond donors (Lipinski definition) is 1. The molecule has 4 aromatic rings. The monoisotopic (exact) mass is 1020 g/mol. The fourth-order valence-corrected chi connectivity index (χ4v) is 11.0. The minimum atomic E-state index is -1.09. The molecule has 4 saturated heterocycles. The maximum atomic E-state index is 5.94. The lowest BCUT2D eigenvalue weighted by Crippen LogP contribution is -2.43. The lowest BCUT2D eigenvalue weighted by atomic mass is 9.92. The van der Waals surface area contributed by atoms with Gasteiger partial charge in [0.25, 0.3) is 0 Å². The first-order valence-corrected chi connectivity index (χ1v) is 24.6. The number of fused-ring (bicyclic) bond motifs is 6. The van der Waals surface area contributed by atoms with E-state index in [1.165, 1.54) is 51.4 Å². The second kappa shape index (κ2) is 14.4. The van der Waals surface area contributed by atoms with Crippen molar-refractivity contribution >= 4 is 119 Å². The number of halogens is 4. The number of hydrogen-bond acceptors (Lipinski definition) is 9. The Bertz CT molecular complexity index is 1770. The highest BCUT2D eigenvalue weighted by Gasteiger charge is 2.42. The number of anilines is 2. The number of aromatic amines is 1. The van der Waals surface area contributed by atoms with Gasteiger partial charge in [-0.1, -0.05) is 33.5 Å². The molecule has 4 bridgehead atoms. The van der Waals surface area contributed by atoms with Crippen LogP contribution >= 0.6 is 77.0 Å². The first kappa shape index (κ1) is 35.7. The first-order valence-electron chi connectivity index (χ1n) is 17.2. The van der Waals surface area contributed by atoms with Crippen molar-refractivity contribution in [2.45, 2.75) is 122 Å². The van der Waals surface area contributed by atoms with Gasteiger partial charge in [0.15, 0.2) is 21.0 Å². The highest BCUT2D eigenvalue weighted by molar-refractivity contribution is 14.1. The molecule has 4 aromatic heterocycles. The Morgan fingerprint density at radius 1 is 0.792 bits per heavy atom. The second-order valence-electron chi connectivity index (χ2n) is 15.4. The average molecular weight is 1030 g/mol. The molecule has 0 aliphatic carbocycles. The van der Waals surface area contributed by atoms with Gasteiger partial charge in [-0.15, -0.1) is 0 Å². The van der Waals surface area contributed by atoms with E-state index < -0.39 is 8.07 Å². The molecular weight excluding hydrogens is 982 g/mol. The summed E-state index contributed by atoms with van der Waals surface area (Å²) >= 11 is 11.8. The Kier molecular flexibility index (Phi) is 10.7. The summed E-state index contributed by atoms with van der Waals surface area (Å²) in [5.41, 5.74) is 3.24. The zero-order valence-corrected chi connectivity index (χ0v) is 36.7. The summed E-state index contributed by atoms with van der Waals surface area (Å²) in [5.74, 6) is 3.58. The van der Waals surface area contributed by atoms with Crippen molar-refractivity contribution in [3.63, 3.8) is 0 Å². The van der Waals surface area contributed by atoms with Crippen LogP contribution in [0.15, 0.2) is 9.21 Å². The number of H-pyrrole nitrogens is 1. The summed E-state index contributed by atoms with van der Waals surface area (Å²) in [6.07, 6.45) is 10.1. The Labute approximate surface area is 327 Å². The van der Waals surface area contributed by atoms with E-state index in [2.05, 4.69) is 141 Å². The van der Waals surface area contributed by atoms with Crippen LogP contribution in [0.2, 0.25) is 25.7 Å². The molecule has 8 heterocycles. The maximum absolute atomic E-state index is 5.94. The Balaban J connectivity index is 0.000000160. The Hall–Kier alpha value is -0.703. The van der Waals surface area contributed by atoms with Crippen molar-refractivity contribution in [3.05, 3.63) is 16.6 Å². The van der Waals surface area contributed by atoms with Crippen LogP contribution in [0.4, 0.5) is 11.6 Å². The quantitative estimate of drug-likeness (QED) is 0.110. The van der Waals surface area contributed by atoms with Crippen LogP contribution in [0.5, 0.6) is 0 Å². The third-order valence-electron chi connectivity index (χ3n) is 10.4. The van der Waals surface area contributed by atoms with Gasteiger partial charge < -0.3 is 14.5 Å². The van der Waals surface area contributed by atoms with E-state index in [4.69, 9.17) is 19.7 Å². The molecule has 4 fully saturated rings. The molecule has 48 heavy (non-hydrogen) atoms. The SMILES string of the molecule is CC1C[C@H]2CC[C@@H](C1)N2c1nc2c(nc1Br)c(I)nn2COCC[Si](C)(C)C.CC1C[C@H]2CC[C@@H](C1)N2c1nc2n[nH]c(I)c2nc1Br. The fourth-order valence-electron chi connectivity index (χ4n) is 8.23. The molecule has 0 radical (unpaired) electrons. The van der Waals surface area contributed by atoms with Crippen LogP contribution in [0, 0.1) is 19.2 Å². The molecule has 1 N–H and O–H groups in total. The van der Waals surface area contributed by atoms with Crippen molar-refractivity contribution in [3.8, 4) is 0 Å². The van der Waals surface area contributed by atoms with E-state index >= 15 is 0 Å². The van der Waals surface area contributed by atoms with Crippen molar-refractivity contribution in [2.75, 3.05) is 16.4 Å². The zero-order chi connectivity index (χ0) is 33.9. The number of nitrogens with zero attached hydrogens (tertiary/aromatic N) is 9. The van der Waals surface area contributed by atoms with Crippen LogP contribution in [0.1, 0.15) is 65.2 Å². The van der Waals surface area contributed by atoms with E-state index in [1.54, 1.807) is 0 Å². The summed E-state index contributed by atoms with van der Waals surface area (Å²) in [5, 5.41) is 11.8. The molecular formula is C32H44Br2I2N10OSi. The summed E-state index contributed by atoms with van der Waals surface area (Å²) in [6.45, 7) is 13.1.